The summed E-state index contributed by atoms with van der Waals surface area (Å²) in [4.78, 5) is 27.9. The van der Waals surface area contributed by atoms with Crippen molar-refractivity contribution in [2.75, 3.05) is 4.90 Å². The standard InChI is InChI=1S/C27H24F5NO3/c1-26(28,29)19-4-2-3-14-6-9-18(25(36)24(14)19)22(34)11-15-5-7-16(12-20(15)27(30,31)32)33-17-8-10-21(33)23(35)13-17/h2-5,7,9,12,17,21,23,35H,6,8,10-11,13H2,1H3. The number of anilines is 1. The highest BCUT2D eigenvalue weighted by atomic mass is 19.4. The van der Waals surface area contributed by atoms with Gasteiger partial charge in [0.25, 0.3) is 5.92 Å². The number of aliphatic hydroxyl groups excluding tert-OH is 1. The molecule has 36 heavy (non-hydrogen) atoms. The van der Waals surface area contributed by atoms with Gasteiger partial charge in [0.05, 0.1) is 23.3 Å². The monoisotopic (exact) mass is 505 g/mol. The number of hydrogen-bond donors (Lipinski definition) is 1. The quantitative estimate of drug-likeness (QED) is 0.437. The number of benzene rings is 2. The van der Waals surface area contributed by atoms with E-state index in [-0.39, 0.29) is 35.2 Å². The van der Waals surface area contributed by atoms with Crippen LogP contribution in [0.3, 0.4) is 0 Å². The summed E-state index contributed by atoms with van der Waals surface area (Å²) >= 11 is 0. The fraction of sp³-hybridized carbons (Fsp3) is 0.407. The summed E-state index contributed by atoms with van der Waals surface area (Å²) in [6.07, 6.45) is -2.69. The lowest BCUT2D eigenvalue weighted by molar-refractivity contribution is -0.138. The molecule has 2 aromatic carbocycles. The molecule has 0 spiro atoms. The van der Waals surface area contributed by atoms with Crippen LogP contribution in [0.2, 0.25) is 0 Å². The van der Waals surface area contributed by atoms with Crippen LogP contribution in [-0.2, 0) is 29.7 Å². The van der Waals surface area contributed by atoms with Crippen LogP contribution in [0.25, 0.3) is 0 Å². The number of aliphatic hydroxyl groups is 1. The van der Waals surface area contributed by atoms with Gasteiger partial charge in [-0.15, -0.1) is 0 Å². The first-order valence-electron chi connectivity index (χ1n) is 11.8. The zero-order valence-electron chi connectivity index (χ0n) is 19.4. The average Bonchev–Trinajstić information content (AvgIpc) is 3.34. The Bertz CT molecular complexity index is 1280. The lowest BCUT2D eigenvalue weighted by Gasteiger charge is -2.26. The SMILES string of the molecule is CC(F)(F)c1cccc2c1C(=O)C(C(=O)Cc1ccc(N3C4CCC3C(O)C4)cc1C(F)(F)F)=CC2. The fourth-order valence-electron chi connectivity index (χ4n) is 5.85. The van der Waals surface area contributed by atoms with Crippen LogP contribution in [0.5, 0.6) is 0 Å². The van der Waals surface area contributed by atoms with Gasteiger partial charge in [0, 0.05) is 36.2 Å². The number of fused-ring (bicyclic) bond motifs is 3. The molecule has 2 aliphatic heterocycles. The van der Waals surface area contributed by atoms with E-state index in [9.17, 15) is 36.6 Å². The molecule has 9 heteroatoms. The Morgan fingerprint density at radius 2 is 1.83 bits per heavy atom. The largest absolute Gasteiger partial charge is 0.416 e. The molecule has 3 aliphatic rings. The first kappa shape index (κ1) is 24.6. The van der Waals surface area contributed by atoms with Gasteiger partial charge in [-0.1, -0.05) is 30.3 Å². The molecule has 3 unspecified atom stereocenters. The third kappa shape index (κ3) is 4.13. The lowest BCUT2D eigenvalue weighted by atomic mass is 9.83. The topological polar surface area (TPSA) is 57.6 Å². The van der Waals surface area contributed by atoms with Crippen molar-refractivity contribution in [2.24, 2.45) is 0 Å². The van der Waals surface area contributed by atoms with E-state index in [1.54, 1.807) is 0 Å². The van der Waals surface area contributed by atoms with Gasteiger partial charge >= 0.3 is 6.18 Å². The molecule has 2 fully saturated rings. The number of Topliss-reactive ketones (excluding diaryl/α,β-unsaturated/α-hetero) is 2. The zero-order valence-corrected chi connectivity index (χ0v) is 19.4. The first-order valence-corrected chi connectivity index (χ1v) is 11.8. The molecule has 3 atom stereocenters. The molecule has 2 saturated heterocycles. The van der Waals surface area contributed by atoms with Crippen LogP contribution < -0.4 is 4.90 Å². The van der Waals surface area contributed by atoms with Gasteiger partial charge in [0.2, 0.25) is 0 Å². The van der Waals surface area contributed by atoms with E-state index in [1.807, 2.05) is 4.90 Å². The predicted octanol–water partition coefficient (Wildman–Crippen LogP) is 5.40. The Morgan fingerprint density at radius 3 is 2.44 bits per heavy atom. The van der Waals surface area contributed by atoms with E-state index in [1.165, 1.54) is 30.3 Å². The Kier molecular flexibility index (Phi) is 5.82. The summed E-state index contributed by atoms with van der Waals surface area (Å²) in [6.45, 7) is 0.651. The van der Waals surface area contributed by atoms with Crippen LogP contribution in [0.1, 0.15) is 58.8 Å². The van der Waals surface area contributed by atoms with E-state index in [2.05, 4.69) is 0 Å². The lowest BCUT2D eigenvalue weighted by Crippen LogP contribution is -2.32. The van der Waals surface area contributed by atoms with Crippen molar-refractivity contribution in [1.29, 1.82) is 0 Å². The number of carbonyl (C=O) groups excluding carboxylic acids is 2. The van der Waals surface area contributed by atoms with Gasteiger partial charge in [-0.05, 0) is 48.9 Å². The highest BCUT2D eigenvalue weighted by Crippen LogP contribution is 2.44. The number of ketones is 2. The Balaban J connectivity index is 1.45. The maximum absolute atomic E-state index is 14.1. The van der Waals surface area contributed by atoms with Gasteiger partial charge in [-0.25, -0.2) is 8.78 Å². The molecule has 2 bridgehead atoms. The summed E-state index contributed by atoms with van der Waals surface area (Å²) in [5, 5.41) is 10.2. The molecule has 0 amide bonds. The van der Waals surface area contributed by atoms with Crippen LogP contribution in [-0.4, -0.2) is 34.9 Å². The van der Waals surface area contributed by atoms with Crippen molar-refractivity contribution in [3.8, 4) is 0 Å². The first-order chi connectivity index (χ1) is 16.9. The molecule has 190 valence electrons. The minimum absolute atomic E-state index is 0.0328. The third-order valence-corrected chi connectivity index (χ3v) is 7.47. The van der Waals surface area contributed by atoms with Gasteiger partial charge in [-0.2, -0.15) is 13.2 Å². The van der Waals surface area contributed by atoms with Crippen LogP contribution in [0.4, 0.5) is 27.6 Å². The van der Waals surface area contributed by atoms with Crippen molar-refractivity contribution >= 4 is 17.3 Å². The summed E-state index contributed by atoms with van der Waals surface area (Å²) < 4.78 is 70.3. The Hall–Kier alpha value is -3.07. The number of halogens is 5. The average molecular weight is 505 g/mol. The summed E-state index contributed by atoms with van der Waals surface area (Å²) in [7, 11) is 0. The van der Waals surface area contributed by atoms with Crippen LogP contribution >= 0.6 is 0 Å². The minimum Gasteiger partial charge on any atom is -0.391 e. The van der Waals surface area contributed by atoms with Gasteiger partial charge in [-0.3, -0.25) is 9.59 Å². The molecular formula is C27H24F5NO3. The predicted molar refractivity (Wildman–Crippen MR) is 122 cm³/mol. The molecule has 2 heterocycles. The summed E-state index contributed by atoms with van der Waals surface area (Å²) in [6, 6.07) is 7.50. The second kappa shape index (κ2) is 8.50. The normalized spacial score (nSPS) is 23.6. The number of carbonyl (C=O) groups is 2. The van der Waals surface area contributed by atoms with E-state index in [4.69, 9.17) is 0 Å². The van der Waals surface area contributed by atoms with Crippen molar-refractivity contribution in [2.45, 2.75) is 69.3 Å². The minimum atomic E-state index is -4.75. The second-order valence-corrected chi connectivity index (χ2v) is 9.83. The number of hydrogen-bond acceptors (Lipinski definition) is 4. The van der Waals surface area contributed by atoms with E-state index in [0.29, 0.717) is 31.0 Å². The van der Waals surface area contributed by atoms with E-state index >= 15 is 0 Å². The van der Waals surface area contributed by atoms with E-state index in [0.717, 1.165) is 18.6 Å². The molecule has 2 aromatic rings. The number of rotatable bonds is 5. The third-order valence-electron chi connectivity index (χ3n) is 7.47. The number of nitrogens with zero attached hydrogens (tertiary/aromatic N) is 1. The molecule has 0 saturated carbocycles. The smallest absolute Gasteiger partial charge is 0.391 e. The molecule has 4 nitrogen and oxygen atoms in total. The van der Waals surface area contributed by atoms with Crippen LogP contribution in [0, 0.1) is 0 Å². The summed E-state index contributed by atoms with van der Waals surface area (Å²) in [5.41, 5.74) is -1.75. The van der Waals surface area contributed by atoms with Gasteiger partial charge < -0.3 is 10.0 Å². The molecule has 0 aromatic heterocycles. The highest BCUT2D eigenvalue weighted by Gasteiger charge is 2.46. The Labute approximate surface area is 204 Å². The number of allylic oxidation sites excluding steroid dienone is 2. The van der Waals surface area contributed by atoms with Crippen molar-refractivity contribution in [1.82, 2.24) is 0 Å². The number of alkyl halides is 5. The van der Waals surface area contributed by atoms with Gasteiger partial charge in [0.15, 0.2) is 11.6 Å². The van der Waals surface area contributed by atoms with Crippen LogP contribution in [0.15, 0.2) is 48.0 Å². The van der Waals surface area contributed by atoms with E-state index < -0.39 is 47.3 Å². The maximum Gasteiger partial charge on any atom is 0.416 e. The van der Waals surface area contributed by atoms with Crippen molar-refractivity contribution in [3.63, 3.8) is 0 Å². The highest BCUT2D eigenvalue weighted by molar-refractivity contribution is 6.28. The maximum atomic E-state index is 14.1. The van der Waals surface area contributed by atoms with Crippen molar-refractivity contribution in [3.05, 3.63) is 75.9 Å². The molecule has 0 radical (unpaired) electrons. The zero-order chi connectivity index (χ0) is 26.0. The molecular weight excluding hydrogens is 481 g/mol. The van der Waals surface area contributed by atoms with Crippen molar-refractivity contribution < 1.29 is 36.6 Å². The molecule has 1 N–H and O–H groups in total. The van der Waals surface area contributed by atoms with Gasteiger partial charge in [0.1, 0.15) is 0 Å². The Morgan fingerprint density at radius 1 is 1.08 bits per heavy atom. The second-order valence-electron chi connectivity index (χ2n) is 9.83. The fourth-order valence-corrected chi connectivity index (χ4v) is 5.85. The summed E-state index contributed by atoms with van der Waals surface area (Å²) in [5.74, 6) is -5.07. The molecule has 1 aliphatic carbocycles. The molecule has 5 rings (SSSR count).